The van der Waals surface area contributed by atoms with Gasteiger partial charge in [0.25, 0.3) is 5.91 Å². The molecule has 0 spiro atoms. The minimum Gasteiger partial charge on any atom is -0.396 e. The topological polar surface area (TPSA) is 73.4 Å². The summed E-state index contributed by atoms with van der Waals surface area (Å²) in [6.07, 6.45) is 2.46. The van der Waals surface area contributed by atoms with Crippen LogP contribution in [0.2, 0.25) is 0 Å². The second kappa shape index (κ2) is 5.39. The molecule has 1 saturated heterocycles. The lowest BCUT2D eigenvalue weighted by Crippen LogP contribution is -2.37. The van der Waals surface area contributed by atoms with Crippen molar-refractivity contribution in [2.45, 2.75) is 32.9 Å². The van der Waals surface area contributed by atoms with E-state index in [0.29, 0.717) is 37.6 Å². The van der Waals surface area contributed by atoms with Crippen molar-refractivity contribution in [2.75, 3.05) is 25.4 Å². The number of aryl methyl sites for hydroxylation is 1. The van der Waals surface area contributed by atoms with Crippen LogP contribution in [-0.4, -0.2) is 46.4 Å². The smallest absolute Gasteiger partial charge is 0.274 e. The van der Waals surface area contributed by atoms with Crippen LogP contribution in [0, 0.1) is 0 Å². The van der Waals surface area contributed by atoms with Crippen molar-refractivity contribution in [1.82, 2.24) is 14.7 Å². The first kappa shape index (κ1) is 12.9. The molecule has 1 amide bonds. The first-order chi connectivity index (χ1) is 8.63. The Bertz CT molecular complexity index is 430. The molecule has 2 rings (SSSR count). The number of rotatable bonds is 2. The highest BCUT2D eigenvalue weighted by Crippen LogP contribution is 2.16. The Morgan fingerprint density at radius 1 is 1.67 bits per heavy atom. The van der Waals surface area contributed by atoms with Gasteiger partial charge in [-0.15, -0.1) is 0 Å². The Labute approximate surface area is 107 Å². The monoisotopic (exact) mass is 252 g/mol. The maximum Gasteiger partial charge on any atom is 0.274 e. The van der Waals surface area contributed by atoms with Crippen LogP contribution in [0.3, 0.4) is 0 Å². The Balaban J connectivity index is 2.21. The van der Waals surface area contributed by atoms with Gasteiger partial charge >= 0.3 is 0 Å². The first-order valence-corrected chi connectivity index (χ1v) is 6.35. The van der Waals surface area contributed by atoms with E-state index in [4.69, 9.17) is 10.5 Å². The van der Waals surface area contributed by atoms with Gasteiger partial charge in [0.05, 0.1) is 18.0 Å². The zero-order valence-electron chi connectivity index (χ0n) is 10.9. The van der Waals surface area contributed by atoms with Gasteiger partial charge in [-0.05, 0) is 20.3 Å². The number of nitrogens with zero attached hydrogens (tertiary/aromatic N) is 3. The van der Waals surface area contributed by atoms with Crippen LogP contribution in [0.5, 0.6) is 0 Å². The van der Waals surface area contributed by atoms with Gasteiger partial charge in [0, 0.05) is 26.2 Å². The van der Waals surface area contributed by atoms with Crippen molar-refractivity contribution in [2.24, 2.45) is 0 Å². The summed E-state index contributed by atoms with van der Waals surface area (Å²) >= 11 is 0. The molecule has 2 heterocycles. The third kappa shape index (κ3) is 2.48. The molecule has 1 aromatic rings. The number of carbonyl (C=O) groups is 1. The molecule has 18 heavy (non-hydrogen) atoms. The van der Waals surface area contributed by atoms with Gasteiger partial charge < -0.3 is 15.4 Å². The van der Waals surface area contributed by atoms with Crippen molar-refractivity contribution in [3.05, 3.63) is 11.9 Å². The number of aromatic nitrogens is 2. The molecular weight excluding hydrogens is 232 g/mol. The second-order valence-corrected chi connectivity index (χ2v) is 4.55. The minimum atomic E-state index is -0.0517. The van der Waals surface area contributed by atoms with E-state index in [2.05, 4.69) is 5.10 Å². The summed E-state index contributed by atoms with van der Waals surface area (Å²) in [5, 5.41) is 4.11. The van der Waals surface area contributed by atoms with Crippen molar-refractivity contribution in [3.63, 3.8) is 0 Å². The highest BCUT2D eigenvalue weighted by Gasteiger charge is 2.25. The van der Waals surface area contributed by atoms with Crippen LogP contribution >= 0.6 is 0 Å². The molecule has 2 N–H and O–H groups in total. The molecule has 1 aromatic heterocycles. The Hall–Kier alpha value is -1.56. The summed E-state index contributed by atoms with van der Waals surface area (Å²) in [6.45, 7) is 6.57. The Kier molecular flexibility index (Phi) is 3.86. The molecule has 0 saturated carbocycles. The number of nitrogen functional groups attached to an aromatic ring is 1. The number of hydrogen-bond acceptors (Lipinski definition) is 4. The predicted molar refractivity (Wildman–Crippen MR) is 68.2 cm³/mol. The standard InChI is InChI=1S/C12H20N4O2/c1-3-16-11(10(13)7-14-16)12(17)15-5-4-6-18-9(2)8-15/h7,9H,3-6,8,13H2,1-2H3. The third-order valence-corrected chi connectivity index (χ3v) is 3.11. The average molecular weight is 252 g/mol. The van der Waals surface area contributed by atoms with Crippen LogP contribution < -0.4 is 5.73 Å². The van der Waals surface area contributed by atoms with Crippen LogP contribution in [0.15, 0.2) is 6.20 Å². The van der Waals surface area contributed by atoms with E-state index >= 15 is 0 Å². The van der Waals surface area contributed by atoms with Crippen molar-refractivity contribution in [3.8, 4) is 0 Å². The first-order valence-electron chi connectivity index (χ1n) is 6.35. The summed E-state index contributed by atoms with van der Waals surface area (Å²) in [4.78, 5) is 14.3. The van der Waals surface area contributed by atoms with Gasteiger partial charge in [-0.25, -0.2) is 0 Å². The molecule has 1 atom stereocenters. The van der Waals surface area contributed by atoms with E-state index in [0.717, 1.165) is 6.42 Å². The molecule has 0 aromatic carbocycles. The number of ether oxygens (including phenoxy) is 1. The number of nitrogens with two attached hydrogens (primary N) is 1. The van der Waals surface area contributed by atoms with Crippen LogP contribution in [-0.2, 0) is 11.3 Å². The zero-order valence-corrected chi connectivity index (χ0v) is 10.9. The van der Waals surface area contributed by atoms with Crippen molar-refractivity contribution >= 4 is 11.6 Å². The quantitative estimate of drug-likeness (QED) is 0.842. The van der Waals surface area contributed by atoms with Gasteiger partial charge in [-0.2, -0.15) is 5.10 Å². The van der Waals surface area contributed by atoms with Crippen LogP contribution in [0.25, 0.3) is 0 Å². The van der Waals surface area contributed by atoms with Gasteiger partial charge in [0.15, 0.2) is 0 Å². The van der Waals surface area contributed by atoms with Crippen LogP contribution in [0.1, 0.15) is 30.8 Å². The molecule has 0 bridgehead atoms. The van der Waals surface area contributed by atoms with Gasteiger partial charge in [-0.1, -0.05) is 0 Å². The minimum absolute atomic E-state index is 0.0517. The van der Waals surface area contributed by atoms with Gasteiger partial charge in [0.1, 0.15) is 5.69 Å². The van der Waals surface area contributed by atoms with E-state index in [9.17, 15) is 4.79 Å². The molecule has 100 valence electrons. The normalized spacial score (nSPS) is 20.8. The average Bonchev–Trinajstić information content (AvgIpc) is 2.58. The maximum absolute atomic E-state index is 12.5. The molecule has 0 radical (unpaired) electrons. The molecule has 1 aliphatic heterocycles. The third-order valence-electron chi connectivity index (χ3n) is 3.11. The van der Waals surface area contributed by atoms with E-state index in [-0.39, 0.29) is 12.0 Å². The molecule has 1 fully saturated rings. The number of hydrogen-bond donors (Lipinski definition) is 1. The Morgan fingerprint density at radius 3 is 3.17 bits per heavy atom. The second-order valence-electron chi connectivity index (χ2n) is 4.55. The van der Waals surface area contributed by atoms with Crippen molar-refractivity contribution < 1.29 is 9.53 Å². The van der Waals surface area contributed by atoms with E-state index in [1.54, 1.807) is 9.58 Å². The lowest BCUT2D eigenvalue weighted by atomic mass is 10.2. The molecule has 6 nitrogen and oxygen atoms in total. The summed E-state index contributed by atoms with van der Waals surface area (Å²) < 4.78 is 7.19. The highest BCUT2D eigenvalue weighted by atomic mass is 16.5. The number of amides is 1. The van der Waals surface area contributed by atoms with Crippen LogP contribution in [0.4, 0.5) is 5.69 Å². The van der Waals surface area contributed by atoms with Gasteiger partial charge in [-0.3, -0.25) is 9.48 Å². The lowest BCUT2D eigenvalue weighted by molar-refractivity contribution is 0.0556. The predicted octanol–water partition coefficient (Wildman–Crippen LogP) is 0.736. The highest BCUT2D eigenvalue weighted by molar-refractivity contribution is 5.97. The number of anilines is 1. The fraction of sp³-hybridized carbons (Fsp3) is 0.667. The van der Waals surface area contributed by atoms with Crippen molar-refractivity contribution in [1.29, 1.82) is 0 Å². The summed E-state index contributed by atoms with van der Waals surface area (Å²) in [5.41, 5.74) is 6.77. The van der Waals surface area contributed by atoms with Gasteiger partial charge in [0.2, 0.25) is 0 Å². The molecule has 0 aliphatic carbocycles. The summed E-state index contributed by atoms with van der Waals surface area (Å²) in [5.74, 6) is -0.0517. The largest absolute Gasteiger partial charge is 0.396 e. The van der Waals surface area contributed by atoms with E-state index < -0.39 is 0 Å². The maximum atomic E-state index is 12.5. The Morgan fingerprint density at radius 2 is 2.44 bits per heavy atom. The lowest BCUT2D eigenvalue weighted by Gasteiger charge is -2.22. The molecular formula is C12H20N4O2. The number of carbonyl (C=O) groups excluding carboxylic acids is 1. The van der Waals surface area contributed by atoms with E-state index in [1.165, 1.54) is 6.20 Å². The summed E-state index contributed by atoms with van der Waals surface area (Å²) in [7, 11) is 0. The SMILES string of the molecule is CCn1ncc(N)c1C(=O)N1CCCOC(C)C1. The summed E-state index contributed by atoms with van der Waals surface area (Å²) in [6, 6.07) is 0. The molecule has 6 heteroatoms. The fourth-order valence-electron chi connectivity index (χ4n) is 2.20. The fourth-order valence-corrected chi connectivity index (χ4v) is 2.20. The van der Waals surface area contributed by atoms with E-state index in [1.807, 2.05) is 13.8 Å². The molecule has 1 aliphatic rings. The zero-order chi connectivity index (χ0) is 13.1. The molecule has 1 unspecified atom stereocenters.